The molecule has 1 fully saturated rings. The molecule has 1 unspecified atom stereocenters. The highest BCUT2D eigenvalue weighted by atomic mass is 16.7. The predicted octanol–water partition coefficient (Wildman–Crippen LogP) is -3.22. The molecule has 6 heteroatoms. The summed E-state index contributed by atoms with van der Waals surface area (Å²) in [5.74, 6) is 0. The topological polar surface area (TPSA) is 110 Å². The van der Waals surface area contributed by atoms with Crippen LogP contribution in [0.1, 0.15) is 0 Å². The van der Waals surface area contributed by atoms with E-state index in [4.69, 9.17) is 25.5 Å². The average molecular weight is 182 g/mol. The van der Waals surface area contributed by atoms with Gasteiger partial charge in [0.15, 0.2) is 6.29 Å². The molecule has 1 rings (SSSR count). The van der Waals surface area contributed by atoms with E-state index in [0.29, 0.717) is 0 Å². The Morgan fingerprint density at radius 2 is 1.50 bits per heavy atom. The lowest BCUT2D eigenvalue weighted by Gasteiger charge is -2.37. The number of ether oxygens (including phenoxy) is 1. The van der Waals surface area contributed by atoms with E-state index in [1.165, 1.54) is 0 Å². The molecule has 1 saturated heterocycles. The lowest BCUT2D eigenvalue weighted by molar-refractivity contribution is -0.286. The molecule has 0 aliphatic carbocycles. The molecule has 0 bridgehead atoms. The molecule has 1 heterocycles. The third-order valence-electron chi connectivity index (χ3n) is 1.87. The summed E-state index contributed by atoms with van der Waals surface area (Å²) in [5, 5.41) is 44.7. The fraction of sp³-hybridized carbons (Fsp3) is 1.00. The van der Waals surface area contributed by atoms with Gasteiger partial charge in [0.1, 0.15) is 24.4 Å². The van der Waals surface area contributed by atoms with Crippen molar-refractivity contribution in [3.05, 3.63) is 0 Å². The Morgan fingerprint density at radius 3 is 2.00 bits per heavy atom. The molecule has 0 radical (unpaired) electrons. The van der Waals surface area contributed by atoms with Gasteiger partial charge >= 0.3 is 0 Å². The first-order valence-electron chi connectivity index (χ1n) is 3.56. The van der Waals surface area contributed by atoms with Gasteiger partial charge in [0.05, 0.1) is 6.61 Å². The summed E-state index contributed by atoms with van der Waals surface area (Å²) in [5.41, 5.74) is 0. The molecule has 0 saturated carbocycles. The minimum absolute atomic E-state index is 0.526. The van der Waals surface area contributed by atoms with Crippen LogP contribution in [-0.4, -0.2) is 62.8 Å². The van der Waals surface area contributed by atoms with Gasteiger partial charge in [-0.2, -0.15) is 0 Å². The summed E-state index contributed by atoms with van der Waals surface area (Å²) in [6, 6.07) is 0. The van der Waals surface area contributed by atoms with Crippen LogP contribution in [0, 0.1) is 0 Å². The second-order valence-electron chi connectivity index (χ2n) is 2.72. The van der Waals surface area contributed by atoms with E-state index in [-0.39, 0.29) is 0 Å². The van der Waals surface area contributed by atoms with Gasteiger partial charge in [0.25, 0.3) is 0 Å². The van der Waals surface area contributed by atoms with Crippen LogP contribution >= 0.6 is 0 Å². The van der Waals surface area contributed by atoms with Gasteiger partial charge in [0, 0.05) is 0 Å². The fourth-order valence-electron chi connectivity index (χ4n) is 1.08. The fourth-order valence-corrected chi connectivity index (χ4v) is 1.08. The molecule has 12 heavy (non-hydrogen) atoms. The largest absolute Gasteiger partial charge is 0.394 e. The van der Waals surface area contributed by atoms with Crippen molar-refractivity contribution in [3.63, 3.8) is 0 Å². The summed E-state index contributed by atoms with van der Waals surface area (Å²) in [7, 11) is 0. The molecule has 0 spiro atoms. The number of hydrogen-bond acceptors (Lipinski definition) is 6. The normalized spacial score (nSPS) is 49.2. The lowest BCUT2D eigenvalue weighted by atomic mass is 10.2. The Hall–Kier alpha value is -0.240. The van der Waals surface area contributed by atoms with Crippen molar-refractivity contribution >= 4 is 0 Å². The summed E-state index contributed by atoms with van der Waals surface area (Å²) < 4.78 is 4.58. The molecular weight excluding hydrogens is 170 g/mol. The third-order valence-corrected chi connectivity index (χ3v) is 1.87. The van der Waals surface area contributed by atoms with Gasteiger partial charge in [0.2, 0.25) is 0 Å². The predicted molar refractivity (Wildman–Crippen MR) is 36.0 cm³/mol. The number of rotatable bonds is 1. The highest BCUT2D eigenvalue weighted by molar-refractivity contribution is 4.87. The van der Waals surface area contributed by atoms with E-state index in [1.54, 1.807) is 0 Å². The van der Waals surface area contributed by atoms with Crippen LogP contribution in [0.25, 0.3) is 0 Å². The molecule has 0 aromatic rings. The summed E-state index contributed by atoms with van der Waals surface area (Å²) >= 11 is 0. The van der Waals surface area contributed by atoms with Crippen molar-refractivity contribution in [2.45, 2.75) is 30.7 Å². The van der Waals surface area contributed by atoms with E-state index in [1.807, 2.05) is 0 Å². The van der Waals surface area contributed by atoms with Gasteiger partial charge in [-0.05, 0) is 0 Å². The van der Waals surface area contributed by atoms with Crippen LogP contribution < -0.4 is 0 Å². The zero-order valence-electron chi connectivity index (χ0n) is 6.24. The van der Waals surface area contributed by atoms with Gasteiger partial charge in [-0.1, -0.05) is 0 Å². The Morgan fingerprint density at radius 1 is 0.917 bits per heavy atom. The zero-order chi connectivity index (χ0) is 9.30. The molecule has 1 aliphatic rings. The Bertz CT molecular complexity index is 146. The van der Waals surface area contributed by atoms with Crippen LogP contribution in [-0.2, 0) is 4.74 Å². The monoisotopic (exact) mass is 182 g/mol. The van der Waals surface area contributed by atoms with Crippen molar-refractivity contribution < 1.29 is 30.3 Å². The Labute approximate surface area is 68.6 Å². The second kappa shape index (κ2) is 3.65. The first kappa shape index (κ1) is 9.85. The van der Waals surface area contributed by atoms with E-state index in [2.05, 4.69) is 4.74 Å². The van der Waals surface area contributed by atoms with Crippen LogP contribution in [0.4, 0.5) is 0 Å². The van der Waals surface area contributed by atoms with Crippen LogP contribution in [0.3, 0.4) is 0 Å². The van der Waals surface area contributed by atoms with Crippen molar-refractivity contribution in [1.29, 1.82) is 0 Å². The van der Waals surface area contributed by atoms with Crippen molar-refractivity contribution in [1.82, 2.24) is 0 Å². The zero-order valence-corrected chi connectivity index (χ0v) is 6.24. The van der Waals surface area contributed by atoms with Gasteiger partial charge < -0.3 is 30.3 Å². The Kier molecular flexibility index (Phi) is 2.99. The van der Waals surface area contributed by atoms with Gasteiger partial charge in [-0.15, -0.1) is 0 Å². The summed E-state index contributed by atoms with van der Waals surface area (Å²) in [6.07, 6.45) is -7.04. The van der Waals surface area contributed by atoms with Gasteiger partial charge in [-0.25, -0.2) is 0 Å². The molecule has 5 N–H and O–H groups in total. The second-order valence-corrected chi connectivity index (χ2v) is 2.72. The summed E-state index contributed by atoms with van der Waals surface area (Å²) in [4.78, 5) is 0. The molecule has 72 valence electrons. The van der Waals surface area contributed by atoms with Crippen molar-refractivity contribution in [3.8, 4) is 0 Å². The van der Waals surface area contributed by atoms with Crippen molar-refractivity contribution in [2.24, 2.45) is 0 Å². The molecule has 5 atom stereocenters. The minimum Gasteiger partial charge on any atom is -0.394 e. The van der Waals surface area contributed by atoms with Crippen LogP contribution in [0.2, 0.25) is 0 Å². The van der Waals surface area contributed by atoms with Crippen LogP contribution in [0.5, 0.6) is 0 Å². The highest BCUT2D eigenvalue weighted by Crippen LogP contribution is 2.18. The van der Waals surface area contributed by atoms with E-state index < -0.39 is 37.3 Å². The maximum atomic E-state index is 9.12. The van der Waals surface area contributed by atoms with Gasteiger partial charge in [-0.3, -0.25) is 0 Å². The molecule has 0 aromatic carbocycles. The van der Waals surface area contributed by atoms with Crippen molar-refractivity contribution in [2.75, 3.05) is 6.61 Å². The number of aliphatic hydroxyl groups excluding tert-OH is 5. The van der Waals surface area contributed by atoms with E-state index in [0.717, 1.165) is 0 Å². The molecular formula is C6H12O6. The number of hydrogen-bond donors (Lipinski definition) is 5. The molecule has 6 nitrogen and oxygen atoms in total. The first-order chi connectivity index (χ1) is 5.57. The minimum atomic E-state index is -1.57. The highest BCUT2D eigenvalue weighted by Gasteiger charge is 2.42. The van der Waals surface area contributed by atoms with E-state index in [9.17, 15) is 0 Å². The SMILES string of the molecule is O[13CH2][C@H]1OC(O)[C@H](O)[C@@H](O)[13C@@H]1O. The number of aliphatic hydroxyl groups is 5. The van der Waals surface area contributed by atoms with E-state index >= 15 is 0 Å². The summed E-state index contributed by atoms with van der Waals surface area (Å²) in [6.45, 7) is -0.526. The standard InChI is InChI=1S/C6H12O6/c7-1-2-3(8)4(9)5(10)6(11)12-2/h2-11H,1H2/t2-,3-,4+,5-,6?/m1/s1/i1+1,3+1. The first-order valence-corrected chi connectivity index (χ1v) is 3.56. The average Bonchev–Trinajstić information content (AvgIpc) is 2.08. The molecule has 1 aliphatic heterocycles. The quantitative estimate of drug-likeness (QED) is 0.273. The maximum absolute atomic E-state index is 9.12. The maximum Gasteiger partial charge on any atom is 0.184 e. The molecule has 0 amide bonds. The van der Waals surface area contributed by atoms with Crippen LogP contribution in [0.15, 0.2) is 0 Å². The third kappa shape index (κ3) is 1.58. The lowest BCUT2D eigenvalue weighted by Crippen LogP contribution is -2.58. The Balaban J connectivity index is 2.63. The molecule has 0 aromatic heterocycles. The smallest absolute Gasteiger partial charge is 0.184 e.